The summed E-state index contributed by atoms with van der Waals surface area (Å²) in [5, 5.41) is 0. The van der Waals surface area contributed by atoms with Gasteiger partial charge in [-0.3, -0.25) is 57.9 Å². The number of aromatic amines is 2. The SMILES string of the molecule is CCCC(=O)OC[C@@H](OC(=O)CCC)[C@@H](OC(=O)CCC)[C@H](Cn1c2nc(=O)[nH]c(=O)c-2nc2cc(C)c(/C=C/c3cc4c(cc3C)nc3c(=O)[nH]c(=O)nc-3n4C[C@H](OC(=O)CCC)[C@H](OC(=O)CCC)[C@@H](COC(=O)CCC)OC(=O)CCC)cc21)OC(=O)CCC. The maximum atomic E-state index is 13.8. The zero-order valence-electron chi connectivity index (χ0n) is 54.9. The van der Waals surface area contributed by atoms with Crippen molar-refractivity contribution < 1.29 is 76.3 Å². The number of hydrogen-bond acceptors (Lipinski definition) is 24. The molecule has 4 heterocycles. The summed E-state index contributed by atoms with van der Waals surface area (Å²) in [6, 6.07) is 6.62. The average Bonchev–Trinajstić information content (AvgIpc) is 0.758. The van der Waals surface area contributed by atoms with Crippen molar-refractivity contribution in [2.45, 2.75) is 222 Å². The van der Waals surface area contributed by atoms with E-state index in [0.29, 0.717) is 73.6 Å². The summed E-state index contributed by atoms with van der Waals surface area (Å²) >= 11 is 0. The topological polar surface area (TPSA) is 372 Å². The van der Waals surface area contributed by atoms with E-state index in [9.17, 15) is 57.5 Å². The predicted octanol–water partition coefficient (Wildman–Crippen LogP) is 7.23. The maximum Gasteiger partial charge on any atom is 0.349 e. The molecular formula is C66H84N8O20. The van der Waals surface area contributed by atoms with E-state index in [0.717, 1.165) is 0 Å². The number of esters is 8. The quantitative estimate of drug-likeness (QED) is 0.0169. The van der Waals surface area contributed by atoms with Gasteiger partial charge in [0.1, 0.15) is 13.2 Å². The molecule has 94 heavy (non-hydrogen) atoms. The number of aryl methyl sites for hydroxylation is 2. The molecular weight excluding hydrogens is 1220 g/mol. The molecule has 0 saturated carbocycles. The average molecular weight is 1310 g/mol. The van der Waals surface area contributed by atoms with Gasteiger partial charge in [-0.05, 0) is 112 Å². The summed E-state index contributed by atoms with van der Waals surface area (Å²) < 4.78 is 50.2. The number of nitrogens with one attached hydrogen (secondary N) is 2. The fourth-order valence-electron chi connectivity index (χ4n) is 10.2. The van der Waals surface area contributed by atoms with Crippen LogP contribution in [0.5, 0.6) is 0 Å². The van der Waals surface area contributed by atoms with Crippen molar-refractivity contribution in [3.05, 3.63) is 88.2 Å². The van der Waals surface area contributed by atoms with Crippen LogP contribution < -0.4 is 22.5 Å². The number of rotatable bonds is 36. The van der Waals surface area contributed by atoms with Crippen LogP contribution in [0, 0.1) is 13.8 Å². The smallest absolute Gasteiger partial charge is 0.349 e. The van der Waals surface area contributed by atoms with Gasteiger partial charge in [0.2, 0.25) is 0 Å². The number of carbonyl (C=O) groups is 8. The molecule has 0 fully saturated rings. The number of hydrogen-bond donors (Lipinski definition) is 2. The number of H-pyrrole nitrogens is 2. The molecule has 6 atom stereocenters. The molecule has 2 aromatic carbocycles. The lowest BCUT2D eigenvalue weighted by atomic mass is 10.0. The first-order valence-electron chi connectivity index (χ1n) is 32.1. The second kappa shape index (κ2) is 35.5. The van der Waals surface area contributed by atoms with Crippen molar-refractivity contribution >= 4 is 82.0 Å². The second-order valence-electron chi connectivity index (χ2n) is 22.6. The van der Waals surface area contributed by atoms with Crippen molar-refractivity contribution in [2.24, 2.45) is 0 Å². The molecule has 0 aliphatic carbocycles. The third kappa shape index (κ3) is 20.0. The highest BCUT2D eigenvalue weighted by Gasteiger charge is 2.42. The first-order chi connectivity index (χ1) is 45.0. The number of fused-ring (bicyclic) bond motifs is 4. The molecule has 0 bridgehead atoms. The van der Waals surface area contributed by atoms with Crippen LogP contribution in [0.25, 0.3) is 57.3 Å². The number of ether oxygens (including phenoxy) is 8. The summed E-state index contributed by atoms with van der Waals surface area (Å²) in [4.78, 5) is 183. The van der Waals surface area contributed by atoms with Gasteiger partial charge >= 0.3 is 59.1 Å². The molecule has 2 N–H and O–H groups in total. The molecule has 508 valence electrons. The highest BCUT2D eigenvalue weighted by molar-refractivity contribution is 5.88. The van der Waals surface area contributed by atoms with E-state index in [1.807, 2.05) is 0 Å². The van der Waals surface area contributed by atoms with Crippen molar-refractivity contribution in [3.63, 3.8) is 0 Å². The predicted molar refractivity (Wildman–Crippen MR) is 341 cm³/mol. The van der Waals surface area contributed by atoms with Crippen molar-refractivity contribution in [1.29, 1.82) is 0 Å². The van der Waals surface area contributed by atoms with Crippen LogP contribution >= 0.6 is 0 Å². The minimum Gasteiger partial charge on any atom is -0.462 e. The molecule has 0 radical (unpaired) electrons. The molecule has 0 unspecified atom stereocenters. The zero-order valence-corrected chi connectivity index (χ0v) is 54.9. The summed E-state index contributed by atoms with van der Waals surface area (Å²) in [6.45, 7) is 15.1. The summed E-state index contributed by atoms with van der Waals surface area (Å²) in [7, 11) is 0. The molecule has 0 aromatic heterocycles. The van der Waals surface area contributed by atoms with Crippen molar-refractivity contribution in [3.8, 4) is 23.0 Å². The Morgan fingerprint density at radius 1 is 0.404 bits per heavy atom. The molecule has 2 aromatic rings. The minimum atomic E-state index is -1.67. The standard InChI is InChI=1S/C66H84N8O20/c1-11-19-49(75)87-35-47(91-53(79)23-15-5)59(93-55(81)25-17-7)45(89-51(77)21-13-3)33-73-43-31-39(37(9)29-41(43)67-57-61(73)69-65(85)71-63(57)83)27-28-40-32-44-42(30-38(40)10)68-58-62(70-66(86)72-64(58)84)74(44)34-46(90-52(78)22-14-4)60(94-56(82)26-18-8)48(92-54(80)24-16-6)36-88-50(76)20-12-2/h27-32,45-48,59-60H,11-26,33-36H2,1-10H3,(H,71,83,85)(H,72,84,86)/b28-27+/t45-,46-,47+,48+,59-,60-/m0/s1. The molecule has 28 heteroatoms. The second-order valence-corrected chi connectivity index (χ2v) is 22.6. The van der Waals surface area contributed by atoms with Gasteiger partial charge in [0.25, 0.3) is 11.1 Å². The molecule has 0 spiro atoms. The first kappa shape index (κ1) is 73.6. The Hall–Kier alpha value is -9.50. The van der Waals surface area contributed by atoms with Crippen LogP contribution in [0.2, 0.25) is 0 Å². The molecule has 6 rings (SSSR count). The Bertz CT molecular complexity index is 3660. The van der Waals surface area contributed by atoms with E-state index >= 15 is 0 Å². The normalized spacial score (nSPS) is 13.4. The lowest BCUT2D eigenvalue weighted by molar-refractivity contribution is -0.193. The molecule has 0 amide bonds. The van der Waals surface area contributed by atoms with E-state index in [-0.39, 0.29) is 96.5 Å². The van der Waals surface area contributed by atoms with E-state index < -0.39 is 133 Å². The van der Waals surface area contributed by atoms with Gasteiger partial charge < -0.3 is 47.0 Å². The third-order valence-corrected chi connectivity index (χ3v) is 14.7. The summed E-state index contributed by atoms with van der Waals surface area (Å²) in [5.41, 5.74) is -1.62. The lowest BCUT2D eigenvalue weighted by Gasteiger charge is -2.33. The Kier molecular flexibility index (Phi) is 27.8. The van der Waals surface area contributed by atoms with Gasteiger partial charge in [0, 0.05) is 51.4 Å². The van der Waals surface area contributed by atoms with Gasteiger partial charge in [-0.2, -0.15) is 9.97 Å². The van der Waals surface area contributed by atoms with Crippen LogP contribution in [0.3, 0.4) is 0 Å². The van der Waals surface area contributed by atoms with Crippen LogP contribution in [0.15, 0.2) is 43.4 Å². The monoisotopic (exact) mass is 1310 g/mol. The molecule has 28 nitrogen and oxygen atoms in total. The van der Waals surface area contributed by atoms with Crippen molar-refractivity contribution in [1.82, 2.24) is 39.0 Å². The Labute approximate surface area is 541 Å². The lowest BCUT2D eigenvalue weighted by Crippen LogP contribution is -2.49. The number of aromatic nitrogens is 8. The van der Waals surface area contributed by atoms with Gasteiger partial charge in [-0.15, -0.1) is 0 Å². The molecule has 4 aliphatic heterocycles. The minimum absolute atomic E-state index is 0.00130. The van der Waals surface area contributed by atoms with E-state index in [1.54, 1.807) is 106 Å². The van der Waals surface area contributed by atoms with Gasteiger partial charge in [0.05, 0.1) is 35.2 Å². The number of benzene rings is 2. The first-order valence-corrected chi connectivity index (χ1v) is 32.1. The van der Waals surface area contributed by atoms with Gasteiger partial charge in [-0.1, -0.05) is 67.5 Å². The van der Waals surface area contributed by atoms with Crippen LogP contribution in [-0.2, 0) is 89.3 Å². The largest absolute Gasteiger partial charge is 0.462 e. The van der Waals surface area contributed by atoms with E-state index in [4.69, 9.17) is 37.9 Å². The fourth-order valence-corrected chi connectivity index (χ4v) is 10.2. The van der Waals surface area contributed by atoms with E-state index in [1.165, 1.54) is 9.13 Å². The van der Waals surface area contributed by atoms with Crippen LogP contribution in [-0.4, -0.2) is 137 Å². The maximum absolute atomic E-state index is 13.8. The summed E-state index contributed by atoms with van der Waals surface area (Å²) in [5.74, 6) is -6.42. The highest BCUT2D eigenvalue weighted by atomic mass is 16.6. The van der Waals surface area contributed by atoms with Crippen LogP contribution in [0.1, 0.15) is 180 Å². The number of nitrogens with zero attached hydrogens (tertiary/aromatic N) is 6. The Morgan fingerprint density at radius 2 is 0.691 bits per heavy atom. The van der Waals surface area contributed by atoms with E-state index in [2.05, 4.69) is 29.9 Å². The van der Waals surface area contributed by atoms with Crippen molar-refractivity contribution in [2.75, 3.05) is 13.2 Å². The number of carbonyl (C=O) groups excluding carboxylic acids is 8. The third-order valence-electron chi connectivity index (χ3n) is 14.7. The summed E-state index contributed by atoms with van der Waals surface area (Å²) in [6.07, 6.45) is -4.03. The van der Waals surface area contributed by atoms with Crippen LogP contribution in [0.4, 0.5) is 0 Å². The van der Waals surface area contributed by atoms with Gasteiger partial charge in [-0.25, -0.2) is 19.6 Å². The molecule has 4 aliphatic rings. The zero-order chi connectivity index (χ0) is 68.8. The fraction of sp³-hybridized carbons (Fsp3) is 0.545. The highest BCUT2D eigenvalue weighted by Crippen LogP contribution is 2.31. The Morgan fingerprint density at radius 3 is 1.00 bits per heavy atom. The Balaban J connectivity index is 1.61. The van der Waals surface area contributed by atoms with Gasteiger partial charge in [0.15, 0.2) is 59.7 Å². The molecule has 0 saturated heterocycles.